The first-order chi connectivity index (χ1) is 17.3. The normalized spacial score (nSPS) is 18.1. The number of sulfonamides is 1. The number of hydrogen-bond acceptors (Lipinski definition) is 6. The molecule has 0 bridgehead atoms. The topological polar surface area (TPSA) is 145 Å². The molecule has 3 amide bonds. The van der Waals surface area contributed by atoms with Gasteiger partial charge < -0.3 is 21.1 Å². The van der Waals surface area contributed by atoms with Gasteiger partial charge in [0.25, 0.3) is 0 Å². The first kappa shape index (κ1) is 28.3. The van der Waals surface area contributed by atoms with Crippen molar-refractivity contribution in [3.05, 3.63) is 65.7 Å². The molecule has 0 spiro atoms. The van der Waals surface area contributed by atoms with Crippen LogP contribution >= 0.6 is 11.8 Å². The van der Waals surface area contributed by atoms with Gasteiger partial charge in [0, 0.05) is 10.3 Å². The summed E-state index contributed by atoms with van der Waals surface area (Å²) < 4.78 is 54.0. The SMILES string of the molecule is CC1(C)SCN(S(=O)(=O)c2ccccc2)C1C(=O)NC(CNC(=O)NCc1c(F)cccc1F)C(=O)O. The highest BCUT2D eigenvalue weighted by atomic mass is 32.2. The summed E-state index contributed by atoms with van der Waals surface area (Å²) in [6, 6.07) is 7.01. The third kappa shape index (κ3) is 6.56. The second-order valence-electron chi connectivity index (χ2n) is 8.65. The number of carboxylic acid groups (broad SMARTS) is 1. The van der Waals surface area contributed by atoms with Crippen LogP contribution in [-0.4, -0.2) is 65.0 Å². The molecule has 2 aromatic carbocycles. The van der Waals surface area contributed by atoms with E-state index in [1.165, 1.54) is 30.0 Å². The second kappa shape index (κ2) is 11.4. The van der Waals surface area contributed by atoms with Crippen molar-refractivity contribution < 1.29 is 36.7 Å². The van der Waals surface area contributed by atoms with Gasteiger partial charge in [-0.25, -0.2) is 26.8 Å². The van der Waals surface area contributed by atoms with E-state index in [2.05, 4.69) is 16.0 Å². The average Bonchev–Trinajstić information content (AvgIpc) is 3.17. The van der Waals surface area contributed by atoms with Gasteiger partial charge in [0.2, 0.25) is 15.9 Å². The summed E-state index contributed by atoms with van der Waals surface area (Å²) in [4.78, 5) is 37.0. The Bertz CT molecular complexity index is 1260. The Morgan fingerprint density at radius 2 is 1.70 bits per heavy atom. The van der Waals surface area contributed by atoms with Crippen molar-refractivity contribution in [2.24, 2.45) is 0 Å². The van der Waals surface area contributed by atoms with Crippen LogP contribution < -0.4 is 16.0 Å². The van der Waals surface area contributed by atoms with Crippen LogP contribution in [0.5, 0.6) is 0 Å². The minimum Gasteiger partial charge on any atom is -0.480 e. The zero-order chi connectivity index (χ0) is 27.4. The van der Waals surface area contributed by atoms with E-state index in [1.54, 1.807) is 32.0 Å². The lowest BCUT2D eigenvalue weighted by Gasteiger charge is -2.30. The van der Waals surface area contributed by atoms with Gasteiger partial charge in [-0.15, -0.1) is 11.8 Å². The number of amides is 3. The molecule has 1 fully saturated rings. The van der Waals surface area contributed by atoms with Crippen molar-refractivity contribution in [1.82, 2.24) is 20.3 Å². The van der Waals surface area contributed by atoms with Gasteiger partial charge in [-0.1, -0.05) is 24.3 Å². The molecule has 2 atom stereocenters. The maximum atomic E-state index is 13.7. The number of carbonyl (C=O) groups is 3. The summed E-state index contributed by atoms with van der Waals surface area (Å²) in [7, 11) is -4.06. The monoisotopic (exact) mass is 556 g/mol. The zero-order valence-electron chi connectivity index (χ0n) is 19.9. The van der Waals surface area contributed by atoms with Crippen LogP contribution in [0.1, 0.15) is 19.4 Å². The fourth-order valence-electron chi connectivity index (χ4n) is 3.69. The molecule has 0 aliphatic carbocycles. The Hall–Kier alpha value is -3.23. The van der Waals surface area contributed by atoms with Crippen molar-refractivity contribution in [3.63, 3.8) is 0 Å². The van der Waals surface area contributed by atoms with Crippen LogP contribution in [0.3, 0.4) is 0 Å². The van der Waals surface area contributed by atoms with Crippen LogP contribution in [0.4, 0.5) is 13.6 Å². The fourth-order valence-corrected chi connectivity index (χ4v) is 6.88. The molecule has 1 saturated heterocycles. The van der Waals surface area contributed by atoms with Crippen molar-refractivity contribution in [2.45, 2.75) is 42.1 Å². The van der Waals surface area contributed by atoms with Crippen molar-refractivity contribution >= 4 is 39.7 Å². The van der Waals surface area contributed by atoms with Crippen LogP contribution in [0.25, 0.3) is 0 Å². The highest BCUT2D eigenvalue weighted by molar-refractivity contribution is 8.02. The van der Waals surface area contributed by atoms with Crippen molar-refractivity contribution in [3.8, 4) is 0 Å². The Morgan fingerprint density at radius 3 is 2.30 bits per heavy atom. The number of carbonyl (C=O) groups excluding carboxylic acids is 2. The van der Waals surface area contributed by atoms with Gasteiger partial charge in [0.15, 0.2) is 0 Å². The number of benzene rings is 2. The molecule has 0 saturated carbocycles. The maximum absolute atomic E-state index is 13.7. The summed E-state index contributed by atoms with van der Waals surface area (Å²) in [5.41, 5.74) is -0.374. The van der Waals surface area contributed by atoms with E-state index in [1.807, 2.05) is 0 Å². The molecule has 2 unspecified atom stereocenters. The molecule has 1 heterocycles. The third-order valence-electron chi connectivity index (χ3n) is 5.68. The number of halogens is 2. The lowest BCUT2D eigenvalue weighted by atomic mass is 10.0. The fraction of sp³-hybridized carbons (Fsp3) is 0.348. The van der Waals surface area contributed by atoms with Gasteiger partial charge in [0.05, 0.1) is 23.9 Å². The van der Waals surface area contributed by atoms with E-state index < -0.39 is 69.5 Å². The molecule has 1 aliphatic heterocycles. The number of carboxylic acids is 1. The molecule has 0 aromatic heterocycles. The first-order valence-corrected chi connectivity index (χ1v) is 13.5. The van der Waals surface area contributed by atoms with E-state index >= 15 is 0 Å². The molecular formula is C23H26F2N4O6S2. The van der Waals surface area contributed by atoms with E-state index in [9.17, 15) is 36.7 Å². The zero-order valence-corrected chi connectivity index (χ0v) is 21.5. The Morgan fingerprint density at radius 1 is 1.08 bits per heavy atom. The third-order valence-corrected chi connectivity index (χ3v) is 9.04. The molecule has 4 N–H and O–H groups in total. The van der Waals surface area contributed by atoms with E-state index in [-0.39, 0.29) is 16.3 Å². The van der Waals surface area contributed by atoms with Gasteiger partial charge in [-0.2, -0.15) is 4.31 Å². The molecule has 37 heavy (non-hydrogen) atoms. The smallest absolute Gasteiger partial charge is 0.328 e. The lowest BCUT2D eigenvalue weighted by Crippen LogP contribution is -2.58. The number of hydrogen-bond donors (Lipinski definition) is 4. The van der Waals surface area contributed by atoms with Gasteiger partial charge in [0.1, 0.15) is 23.7 Å². The molecule has 1 aliphatic rings. The molecule has 14 heteroatoms. The van der Waals surface area contributed by atoms with Crippen LogP contribution in [0.2, 0.25) is 0 Å². The quantitative estimate of drug-likeness (QED) is 0.369. The van der Waals surface area contributed by atoms with Crippen LogP contribution in [0, 0.1) is 11.6 Å². The van der Waals surface area contributed by atoms with Crippen LogP contribution in [-0.2, 0) is 26.2 Å². The predicted octanol–water partition coefficient (Wildman–Crippen LogP) is 1.88. The Balaban J connectivity index is 1.67. The lowest BCUT2D eigenvalue weighted by molar-refractivity contribution is -0.142. The minimum absolute atomic E-state index is 0.00879. The molecular weight excluding hydrogens is 530 g/mol. The largest absolute Gasteiger partial charge is 0.480 e. The minimum atomic E-state index is -4.06. The number of thioether (sulfide) groups is 1. The number of urea groups is 1. The summed E-state index contributed by atoms with van der Waals surface area (Å²) >= 11 is 1.22. The van der Waals surface area contributed by atoms with Gasteiger partial charge >= 0.3 is 12.0 Å². The summed E-state index contributed by atoms with van der Waals surface area (Å²) in [5, 5.41) is 16.3. The summed E-state index contributed by atoms with van der Waals surface area (Å²) in [6.45, 7) is 2.28. The van der Waals surface area contributed by atoms with Crippen molar-refractivity contribution in [2.75, 3.05) is 12.4 Å². The molecule has 3 rings (SSSR count). The predicted molar refractivity (Wildman–Crippen MR) is 132 cm³/mol. The Kier molecular flexibility index (Phi) is 8.76. The summed E-state index contributed by atoms with van der Waals surface area (Å²) in [6.07, 6.45) is 0. The standard InChI is InChI=1S/C23H26F2N4O6S2/c1-23(2)19(29(13-36-23)37(34,35)14-7-4-3-5-8-14)20(30)28-18(21(31)32)12-27-22(33)26-11-15-16(24)9-6-10-17(15)25/h3-10,18-19H,11-13H2,1-2H3,(H,28,30)(H,31,32)(H2,26,27,33). The number of nitrogens with one attached hydrogen (secondary N) is 3. The molecule has 0 radical (unpaired) electrons. The first-order valence-electron chi connectivity index (χ1n) is 11.0. The highest BCUT2D eigenvalue weighted by Gasteiger charge is 2.51. The number of rotatable bonds is 9. The maximum Gasteiger partial charge on any atom is 0.328 e. The van der Waals surface area contributed by atoms with Crippen LogP contribution in [0.15, 0.2) is 53.4 Å². The highest BCUT2D eigenvalue weighted by Crippen LogP contribution is 2.42. The van der Waals surface area contributed by atoms with E-state index in [0.717, 1.165) is 16.4 Å². The number of aliphatic carboxylic acids is 1. The van der Waals surface area contributed by atoms with Crippen molar-refractivity contribution in [1.29, 1.82) is 0 Å². The summed E-state index contributed by atoms with van der Waals surface area (Å²) in [5.74, 6) is -4.06. The molecule has 200 valence electrons. The van der Waals surface area contributed by atoms with E-state index in [4.69, 9.17) is 0 Å². The number of nitrogens with zero attached hydrogens (tertiary/aromatic N) is 1. The molecule has 10 nitrogen and oxygen atoms in total. The van der Waals surface area contributed by atoms with Gasteiger partial charge in [-0.05, 0) is 38.1 Å². The molecule has 2 aromatic rings. The Labute approximate surface area is 216 Å². The van der Waals surface area contributed by atoms with Gasteiger partial charge in [-0.3, -0.25) is 4.79 Å². The van der Waals surface area contributed by atoms with E-state index in [0.29, 0.717) is 0 Å². The average molecular weight is 557 g/mol. The second-order valence-corrected chi connectivity index (χ2v) is 12.1.